The smallest absolute Gasteiger partial charge is 0.239 e. The number of piperazine rings is 2. The number of nitrogens with zero attached hydrogens (tertiary/aromatic N) is 2. The fraction of sp³-hybridized carbons (Fsp3) is 0.833. The lowest BCUT2D eigenvalue weighted by Gasteiger charge is -2.38. The molecule has 2 saturated heterocycles. The van der Waals surface area contributed by atoms with E-state index < -0.39 is 0 Å². The molecule has 19 heavy (non-hydrogen) atoms. The van der Waals surface area contributed by atoms with E-state index in [-0.39, 0.29) is 24.4 Å². The fourth-order valence-electron chi connectivity index (χ4n) is 2.42. The van der Waals surface area contributed by atoms with Gasteiger partial charge in [-0.05, 0) is 14.1 Å². The van der Waals surface area contributed by atoms with Crippen LogP contribution in [0.5, 0.6) is 0 Å². The first kappa shape index (κ1) is 14.2. The van der Waals surface area contributed by atoms with Gasteiger partial charge in [-0.3, -0.25) is 19.8 Å². The second kappa shape index (κ2) is 6.31. The fourth-order valence-corrected chi connectivity index (χ4v) is 2.42. The molecule has 0 bridgehead atoms. The SMILES string of the molecule is CN1CCN(C)C(CNC(=O)C2CNC(=O)CN2)C1. The normalized spacial score (nSPS) is 29.9. The molecule has 0 saturated carbocycles. The largest absolute Gasteiger partial charge is 0.353 e. The molecule has 2 fully saturated rings. The van der Waals surface area contributed by atoms with Crippen molar-refractivity contribution in [3.05, 3.63) is 0 Å². The molecule has 0 aromatic carbocycles. The summed E-state index contributed by atoms with van der Waals surface area (Å²) in [5.74, 6) is -0.0979. The Hall–Kier alpha value is -1.18. The summed E-state index contributed by atoms with van der Waals surface area (Å²) in [6, 6.07) is 0.0326. The van der Waals surface area contributed by atoms with Crippen LogP contribution in [0.25, 0.3) is 0 Å². The Morgan fingerprint density at radius 3 is 2.89 bits per heavy atom. The summed E-state index contributed by atoms with van der Waals surface area (Å²) < 4.78 is 0. The van der Waals surface area contributed by atoms with E-state index in [1.54, 1.807) is 0 Å². The Morgan fingerprint density at radius 2 is 2.21 bits per heavy atom. The molecule has 0 aliphatic carbocycles. The van der Waals surface area contributed by atoms with Crippen LogP contribution in [0.4, 0.5) is 0 Å². The summed E-state index contributed by atoms with van der Waals surface area (Å²) in [6.45, 7) is 4.28. The standard InChI is InChI=1S/C12H23N5O2/c1-16-3-4-17(2)9(8-16)5-15-12(19)10-6-14-11(18)7-13-10/h9-10,13H,3-8H2,1-2H3,(H,14,18)(H,15,19). The number of carbonyl (C=O) groups is 2. The van der Waals surface area contributed by atoms with E-state index in [1.807, 2.05) is 0 Å². The molecule has 2 aliphatic heterocycles. The average molecular weight is 269 g/mol. The molecule has 108 valence electrons. The Labute approximate surface area is 113 Å². The Kier molecular flexibility index (Phi) is 4.73. The van der Waals surface area contributed by atoms with Crippen LogP contribution in [0.3, 0.4) is 0 Å². The van der Waals surface area contributed by atoms with Crippen LogP contribution in [0.2, 0.25) is 0 Å². The van der Waals surface area contributed by atoms with Gasteiger partial charge in [0, 0.05) is 38.8 Å². The summed E-state index contributed by atoms with van der Waals surface area (Å²) in [5, 5.41) is 8.58. The average Bonchev–Trinajstić information content (AvgIpc) is 2.40. The zero-order valence-electron chi connectivity index (χ0n) is 11.6. The summed E-state index contributed by atoms with van der Waals surface area (Å²) in [6.07, 6.45) is 0. The lowest BCUT2D eigenvalue weighted by atomic mass is 10.1. The number of carbonyl (C=O) groups excluding carboxylic acids is 2. The van der Waals surface area contributed by atoms with Gasteiger partial charge in [-0.2, -0.15) is 0 Å². The van der Waals surface area contributed by atoms with E-state index >= 15 is 0 Å². The molecule has 2 amide bonds. The van der Waals surface area contributed by atoms with Gasteiger partial charge >= 0.3 is 0 Å². The molecule has 2 unspecified atom stereocenters. The molecule has 2 atom stereocenters. The topological polar surface area (TPSA) is 76.7 Å². The Morgan fingerprint density at radius 1 is 1.42 bits per heavy atom. The molecule has 2 rings (SSSR count). The highest BCUT2D eigenvalue weighted by molar-refractivity contribution is 5.86. The number of rotatable bonds is 3. The summed E-state index contributed by atoms with van der Waals surface area (Å²) in [5.41, 5.74) is 0. The van der Waals surface area contributed by atoms with Crippen molar-refractivity contribution in [2.45, 2.75) is 12.1 Å². The number of hydrogen-bond donors (Lipinski definition) is 3. The maximum absolute atomic E-state index is 12.0. The van der Waals surface area contributed by atoms with Crippen molar-refractivity contribution in [2.75, 3.05) is 53.4 Å². The first-order valence-electron chi connectivity index (χ1n) is 6.73. The van der Waals surface area contributed by atoms with Gasteiger partial charge in [-0.25, -0.2) is 0 Å². The predicted octanol–water partition coefficient (Wildman–Crippen LogP) is -2.56. The quantitative estimate of drug-likeness (QED) is 0.525. The van der Waals surface area contributed by atoms with Crippen LogP contribution >= 0.6 is 0 Å². The monoisotopic (exact) mass is 269 g/mol. The third kappa shape index (κ3) is 3.89. The van der Waals surface area contributed by atoms with Gasteiger partial charge in [0.15, 0.2) is 0 Å². The Bertz CT molecular complexity index is 339. The molecule has 0 aromatic rings. The van der Waals surface area contributed by atoms with Crippen LogP contribution in [-0.4, -0.2) is 87.1 Å². The number of likely N-dealkylation sites (N-methyl/N-ethyl adjacent to an activating group) is 2. The minimum absolute atomic E-state index is 0.0402. The zero-order valence-corrected chi connectivity index (χ0v) is 11.6. The molecular weight excluding hydrogens is 246 g/mol. The summed E-state index contributed by atoms with van der Waals surface area (Å²) in [7, 11) is 4.18. The molecular formula is C12H23N5O2. The van der Waals surface area contributed by atoms with Gasteiger partial charge in [0.25, 0.3) is 0 Å². The first-order chi connectivity index (χ1) is 9.06. The van der Waals surface area contributed by atoms with Crippen molar-refractivity contribution in [2.24, 2.45) is 0 Å². The van der Waals surface area contributed by atoms with E-state index in [0.717, 1.165) is 19.6 Å². The van der Waals surface area contributed by atoms with Crippen molar-refractivity contribution in [1.82, 2.24) is 25.8 Å². The number of nitrogens with one attached hydrogen (secondary N) is 3. The highest BCUT2D eigenvalue weighted by atomic mass is 16.2. The molecule has 2 aliphatic rings. The van der Waals surface area contributed by atoms with Gasteiger partial charge in [0.05, 0.1) is 6.54 Å². The van der Waals surface area contributed by atoms with Gasteiger partial charge in [0.1, 0.15) is 6.04 Å². The lowest BCUT2D eigenvalue weighted by molar-refractivity contribution is -0.126. The van der Waals surface area contributed by atoms with E-state index in [2.05, 4.69) is 39.8 Å². The van der Waals surface area contributed by atoms with Crippen molar-refractivity contribution < 1.29 is 9.59 Å². The van der Waals surface area contributed by atoms with E-state index in [0.29, 0.717) is 19.1 Å². The van der Waals surface area contributed by atoms with Gasteiger partial charge in [0.2, 0.25) is 11.8 Å². The molecule has 7 nitrogen and oxygen atoms in total. The number of amides is 2. The number of hydrogen-bond acceptors (Lipinski definition) is 5. The van der Waals surface area contributed by atoms with Crippen LogP contribution in [-0.2, 0) is 9.59 Å². The minimum atomic E-state index is -0.315. The van der Waals surface area contributed by atoms with Crippen LogP contribution in [0, 0.1) is 0 Å². The van der Waals surface area contributed by atoms with Crippen LogP contribution in [0.15, 0.2) is 0 Å². The van der Waals surface area contributed by atoms with Crippen molar-refractivity contribution in [1.29, 1.82) is 0 Å². The maximum Gasteiger partial charge on any atom is 0.239 e. The van der Waals surface area contributed by atoms with Gasteiger partial charge in [-0.15, -0.1) is 0 Å². The van der Waals surface area contributed by atoms with Crippen LogP contribution in [0.1, 0.15) is 0 Å². The summed E-state index contributed by atoms with van der Waals surface area (Å²) in [4.78, 5) is 27.5. The predicted molar refractivity (Wildman–Crippen MR) is 71.7 cm³/mol. The molecule has 0 radical (unpaired) electrons. The van der Waals surface area contributed by atoms with Crippen LogP contribution < -0.4 is 16.0 Å². The molecule has 2 heterocycles. The van der Waals surface area contributed by atoms with Crippen molar-refractivity contribution in [3.8, 4) is 0 Å². The molecule has 3 N–H and O–H groups in total. The molecule has 0 aromatic heterocycles. The van der Waals surface area contributed by atoms with Gasteiger partial charge in [-0.1, -0.05) is 0 Å². The van der Waals surface area contributed by atoms with E-state index in [4.69, 9.17) is 0 Å². The third-order valence-corrected chi connectivity index (χ3v) is 3.82. The lowest BCUT2D eigenvalue weighted by Crippen LogP contribution is -2.60. The highest BCUT2D eigenvalue weighted by Gasteiger charge is 2.26. The second-order valence-electron chi connectivity index (χ2n) is 5.38. The first-order valence-corrected chi connectivity index (χ1v) is 6.73. The zero-order chi connectivity index (χ0) is 13.8. The molecule has 0 spiro atoms. The Balaban J connectivity index is 1.75. The second-order valence-corrected chi connectivity index (χ2v) is 5.38. The highest BCUT2D eigenvalue weighted by Crippen LogP contribution is 2.04. The van der Waals surface area contributed by atoms with E-state index in [1.165, 1.54) is 0 Å². The minimum Gasteiger partial charge on any atom is -0.353 e. The maximum atomic E-state index is 12.0. The third-order valence-electron chi connectivity index (χ3n) is 3.82. The van der Waals surface area contributed by atoms with E-state index in [9.17, 15) is 9.59 Å². The summed E-state index contributed by atoms with van der Waals surface area (Å²) >= 11 is 0. The molecule has 7 heteroatoms. The van der Waals surface area contributed by atoms with Crippen molar-refractivity contribution in [3.63, 3.8) is 0 Å². The van der Waals surface area contributed by atoms with Gasteiger partial charge < -0.3 is 15.5 Å². The van der Waals surface area contributed by atoms with Crippen molar-refractivity contribution >= 4 is 11.8 Å².